The summed E-state index contributed by atoms with van der Waals surface area (Å²) in [4.78, 5) is 0. The molecule has 0 radical (unpaired) electrons. The minimum atomic E-state index is 0.633. The summed E-state index contributed by atoms with van der Waals surface area (Å²) in [5, 5.41) is 12.8. The van der Waals surface area contributed by atoms with Crippen LogP contribution in [0.25, 0.3) is 11.4 Å². The molecule has 1 aromatic carbocycles. The van der Waals surface area contributed by atoms with E-state index in [1.54, 1.807) is 12.1 Å². The van der Waals surface area contributed by atoms with Crippen molar-refractivity contribution in [2.75, 3.05) is 5.73 Å². The number of benzene rings is 1. The minimum Gasteiger partial charge on any atom is -0.399 e. The highest BCUT2D eigenvalue weighted by molar-refractivity contribution is 6.33. The summed E-state index contributed by atoms with van der Waals surface area (Å²) in [7, 11) is 0. The molecular weight excluding hydrogens is 286 g/mol. The quantitative estimate of drug-likeness (QED) is 0.885. The largest absolute Gasteiger partial charge is 0.399 e. The molecule has 1 heterocycles. The summed E-state index contributed by atoms with van der Waals surface area (Å²) in [6.07, 6.45) is 5.48. The zero-order valence-corrected chi connectivity index (χ0v) is 12.5. The van der Waals surface area contributed by atoms with Crippen LogP contribution in [0.4, 0.5) is 5.69 Å². The summed E-state index contributed by atoms with van der Waals surface area (Å²) in [5.74, 6) is 3.19. The SMILES string of the molecule is Nc1ccc(Cl)c(-c2nnnn2CC2CC3CCC2C3)c1. The maximum absolute atomic E-state index is 6.27. The lowest BCUT2D eigenvalue weighted by atomic mass is 9.89. The maximum atomic E-state index is 6.27. The van der Waals surface area contributed by atoms with E-state index in [4.69, 9.17) is 17.3 Å². The number of halogens is 1. The van der Waals surface area contributed by atoms with Crippen molar-refractivity contribution < 1.29 is 0 Å². The van der Waals surface area contributed by atoms with Crippen molar-refractivity contribution in [3.8, 4) is 11.4 Å². The Bertz CT molecular complexity index is 668. The monoisotopic (exact) mass is 303 g/mol. The van der Waals surface area contributed by atoms with Crippen molar-refractivity contribution in [1.29, 1.82) is 0 Å². The molecule has 2 fully saturated rings. The van der Waals surface area contributed by atoms with E-state index in [1.165, 1.54) is 25.7 Å². The molecule has 0 amide bonds. The second-order valence-corrected chi connectivity index (χ2v) is 6.77. The molecule has 2 aromatic rings. The summed E-state index contributed by atoms with van der Waals surface area (Å²) in [6, 6.07) is 5.42. The van der Waals surface area contributed by atoms with Gasteiger partial charge in [0.2, 0.25) is 0 Å². The van der Waals surface area contributed by atoms with Crippen molar-refractivity contribution in [2.45, 2.75) is 32.2 Å². The Labute approximate surface area is 128 Å². The second kappa shape index (κ2) is 4.98. The Balaban J connectivity index is 1.63. The van der Waals surface area contributed by atoms with Gasteiger partial charge in [-0.25, -0.2) is 4.68 Å². The van der Waals surface area contributed by atoms with Crippen LogP contribution in [0.5, 0.6) is 0 Å². The number of tetrazole rings is 1. The molecule has 6 heteroatoms. The molecule has 0 aliphatic heterocycles. The molecule has 4 rings (SSSR count). The molecule has 2 N–H and O–H groups in total. The fourth-order valence-corrected chi connectivity index (χ4v) is 4.26. The molecule has 2 aliphatic rings. The third-order valence-corrected chi connectivity index (χ3v) is 5.38. The first-order valence-electron chi connectivity index (χ1n) is 7.52. The number of nitrogens with two attached hydrogens (primary N) is 1. The van der Waals surface area contributed by atoms with E-state index in [-0.39, 0.29) is 0 Å². The number of aromatic nitrogens is 4. The normalized spacial score (nSPS) is 27.4. The lowest BCUT2D eigenvalue weighted by Gasteiger charge is -2.21. The average molecular weight is 304 g/mol. The lowest BCUT2D eigenvalue weighted by molar-refractivity contribution is 0.284. The number of rotatable bonds is 3. The fourth-order valence-electron chi connectivity index (χ4n) is 4.06. The molecular formula is C15H18ClN5. The van der Waals surface area contributed by atoms with Gasteiger partial charge in [-0.2, -0.15) is 0 Å². The minimum absolute atomic E-state index is 0.633. The molecule has 110 valence electrons. The molecule has 3 unspecified atom stereocenters. The number of anilines is 1. The highest BCUT2D eigenvalue weighted by Gasteiger charge is 2.39. The van der Waals surface area contributed by atoms with Crippen molar-refractivity contribution in [1.82, 2.24) is 20.2 Å². The Kier molecular flexibility index (Phi) is 3.10. The first-order chi connectivity index (χ1) is 10.2. The van der Waals surface area contributed by atoms with E-state index in [0.29, 0.717) is 16.6 Å². The molecule has 2 bridgehead atoms. The smallest absolute Gasteiger partial charge is 0.183 e. The Morgan fingerprint density at radius 3 is 2.95 bits per heavy atom. The van der Waals surface area contributed by atoms with Crippen LogP contribution >= 0.6 is 11.6 Å². The van der Waals surface area contributed by atoms with Crippen LogP contribution in [0.15, 0.2) is 18.2 Å². The molecule has 0 saturated heterocycles. The topological polar surface area (TPSA) is 69.6 Å². The van der Waals surface area contributed by atoms with Crippen LogP contribution in [-0.4, -0.2) is 20.2 Å². The van der Waals surface area contributed by atoms with Crippen molar-refractivity contribution in [2.24, 2.45) is 17.8 Å². The molecule has 1 aromatic heterocycles. The van der Waals surface area contributed by atoms with E-state index in [1.807, 2.05) is 10.7 Å². The number of hydrogen-bond acceptors (Lipinski definition) is 4. The van der Waals surface area contributed by atoms with Gasteiger partial charge in [0.25, 0.3) is 0 Å². The van der Waals surface area contributed by atoms with Crippen LogP contribution in [-0.2, 0) is 6.54 Å². The number of nitrogen functional groups attached to an aromatic ring is 1. The van der Waals surface area contributed by atoms with E-state index in [0.717, 1.165) is 29.8 Å². The Morgan fingerprint density at radius 2 is 2.19 bits per heavy atom. The van der Waals surface area contributed by atoms with Crippen LogP contribution in [0.3, 0.4) is 0 Å². The molecule has 3 atom stereocenters. The van der Waals surface area contributed by atoms with Crippen molar-refractivity contribution in [3.05, 3.63) is 23.2 Å². The first kappa shape index (κ1) is 13.1. The number of nitrogens with zero attached hydrogens (tertiary/aromatic N) is 4. The standard InChI is InChI=1S/C15H18ClN5/c16-14-4-3-12(17)7-13(14)15-18-19-20-21(15)8-11-6-9-1-2-10(11)5-9/h3-4,7,9-11H,1-2,5-6,8,17H2. The van der Waals surface area contributed by atoms with Gasteiger partial charge in [0, 0.05) is 17.8 Å². The summed E-state index contributed by atoms with van der Waals surface area (Å²) < 4.78 is 1.89. The highest BCUT2D eigenvalue weighted by atomic mass is 35.5. The van der Waals surface area contributed by atoms with Gasteiger partial charge < -0.3 is 5.73 Å². The molecule has 2 aliphatic carbocycles. The lowest BCUT2D eigenvalue weighted by Crippen LogP contribution is -2.18. The third kappa shape index (κ3) is 2.29. The summed E-state index contributed by atoms with van der Waals surface area (Å²) >= 11 is 6.27. The van der Waals surface area contributed by atoms with Gasteiger partial charge in [0.15, 0.2) is 5.82 Å². The highest BCUT2D eigenvalue weighted by Crippen LogP contribution is 2.49. The predicted octanol–water partition coefficient (Wildman–Crippen LogP) is 3.01. The van der Waals surface area contributed by atoms with Crippen LogP contribution in [0.2, 0.25) is 5.02 Å². The molecule has 5 nitrogen and oxygen atoms in total. The van der Waals surface area contributed by atoms with Gasteiger partial charge in [-0.3, -0.25) is 0 Å². The fraction of sp³-hybridized carbons (Fsp3) is 0.533. The summed E-state index contributed by atoms with van der Waals surface area (Å²) in [6.45, 7) is 0.884. The van der Waals surface area contributed by atoms with Gasteiger partial charge in [-0.05, 0) is 65.6 Å². The van der Waals surface area contributed by atoms with Gasteiger partial charge in [-0.1, -0.05) is 18.0 Å². The van der Waals surface area contributed by atoms with Crippen LogP contribution in [0.1, 0.15) is 25.7 Å². The molecule has 0 spiro atoms. The Morgan fingerprint density at radius 1 is 1.29 bits per heavy atom. The zero-order chi connectivity index (χ0) is 14.4. The van der Waals surface area contributed by atoms with Gasteiger partial charge in [-0.15, -0.1) is 5.10 Å². The number of hydrogen-bond donors (Lipinski definition) is 1. The van der Waals surface area contributed by atoms with E-state index < -0.39 is 0 Å². The van der Waals surface area contributed by atoms with Gasteiger partial charge in [0.05, 0.1) is 5.02 Å². The van der Waals surface area contributed by atoms with Crippen molar-refractivity contribution in [3.63, 3.8) is 0 Å². The van der Waals surface area contributed by atoms with Crippen LogP contribution < -0.4 is 5.73 Å². The van der Waals surface area contributed by atoms with E-state index in [9.17, 15) is 0 Å². The third-order valence-electron chi connectivity index (χ3n) is 5.06. The predicted molar refractivity (Wildman–Crippen MR) is 81.6 cm³/mol. The van der Waals surface area contributed by atoms with Crippen LogP contribution in [0, 0.1) is 17.8 Å². The second-order valence-electron chi connectivity index (χ2n) is 6.36. The first-order valence-corrected chi connectivity index (χ1v) is 7.90. The maximum Gasteiger partial charge on any atom is 0.183 e. The number of fused-ring (bicyclic) bond motifs is 2. The van der Waals surface area contributed by atoms with Crippen molar-refractivity contribution >= 4 is 17.3 Å². The average Bonchev–Trinajstić information content (AvgIpc) is 3.18. The molecule has 2 saturated carbocycles. The van der Waals surface area contributed by atoms with Gasteiger partial charge in [0.1, 0.15) is 0 Å². The molecule has 21 heavy (non-hydrogen) atoms. The zero-order valence-electron chi connectivity index (χ0n) is 11.7. The van der Waals surface area contributed by atoms with E-state index in [2.05, 4.69) is 15.5 Å². The van der Waals surface area contributed by atoms with Gasteiger partial charge >= 0.3 is 0 Å². The van der Waals surface area contributed by atoms with E-state index >= 15 is 0 Å². The Hall–Kier alpha value is -1.62. The summed E-state index contributed by atoms with van der Waals surface area (Å²) in [5.41, 5.74) is 7.34.